The Balaban J connectivity index is 3.01. The number of oxime groups is 1. The van der Waals surface area contributed by atoms with Gasteiger partial charge in [-0.15, -0.1) is 0 Å². The number of phosphoric acid groups is 1. The number of phosphoric ester groups is 1. The van der Waals surface area contributed by atoms with Gasteiger partial charge in [-0.25, -0.2) is 9.36 Å². The molecule has 0 aromatic heterocycles. The van der Waals surface area contributed by atoms with Gasteiger partial charge in [-0.3, -0.25) is 33.1 Å². The summed E-state index contributed by atoms with van der Waals surface area (Å²) in [5, 5.41) is 3.26. The molecule has 0 N–H and O–H groups in total. The van der Waals surface area contributed by atoms with Crippen LogP contribution in [-0.2, 0) is 27.8 Å². The van der Waals surface area contributed by atoms with Crippen molar-refractivity contribution >= 4 is 31.4 Å². The largest absolute Gasteiger partial charge is 0.550 e. The Kier molecular flexibility index (Phi) is 5.59. The molecule has 0 atom stereocenters. The summed E-state index contributed by atoms with van der Waals surface area (Å²) in [6.45, 7) is 3.14. The molecule has 0 spiro atoms. The Bertz CT molecular complexity index is 497. The zero-order valence-corrected chi connectivity index (χ0v) is 13.0. The zero-order chi connectivity index (χ0) is 16.2. The van der Waals surface area contributed by atoms with Crippen molar-refractivity contribution in [1.29, 1.82) is 0 Å². The summed E-state index contributed by atoms with van der Waals surface area (Å²) < 4.78 is 26.2. The molecule has 10 nitrogen and oxygen atoms in total. The number of hydrogen-bond acceptors (Lipinski definition) is 8. The summed E-state index contributed by atoms with van der Waals surface area (Å²) in [5.74, 6) is -1.94. The van der Waals surface area contributed by atoms with E-state index in [0.29, 0.717) is 9.80 Å². The zero-order valence-electron chi connectivity index (χ0n) is 12.1. The molecule has 0 aromatic rings. The van der Waals surface area contributed by atoms with Crippen LogP contribution in [0.5, 0.6) is 0 Å². The molecule has 0 saturated carbocycles. The lowest BCUT2D eigenvalue weighted by atomic mass is 10.2. The maximum Gasteiger partial charge on any atom is 0.550 e. The van der Waals surface area contributed by atoms with Crippen molar-refractivity contribution in [1.82, 2.24) is 9.80 Å². The van der Waals surface area contributed by atoms with Crippen LogP contribution in [0.15, 0.2) is 5.16 Å². The van der Waals surface area contributed by atoms with Crippen LogP contribution < -0.4 is 0 Å². The van der Waals surface area contributed by atoms with Crippen molar-refractivity contribution in [3.8, 4) is 0 Å². The molecule has 0 aliphatic carbocycles. The third kappa shape index (κ3) is 3.66. The molecule has 1 aliphatic heterocycles. The fourth-order valence-electron chi connectivity index (χ4n) is 1.38. The van der Waals surface area contributed by atoms with Crippen molar-refractivity contribution in [3.63, 3.8) is 0 Å². The summed E-state index contributed by atoms with van der Waals surface area (Å²) in [5.41, 5.74) is -0.695. The first kappa shape index (κ1) is 17.3. The molecule has 4 amide bonds. The first-order valence-electron chi connectivity index (χ1n) is 6.03. The Hall–Kier alpha value is -1.77. The highest BCUT2D eigenvalue weighted by Gasteiger charge is 2.41. The third-order valence-electron chi connectivity index (χ3n) is 2.39. The van der Waals surface area contributed by atoms with Gasteiger partial charge in [0, 0.05) is 14.1 Å². The van der Waals surface area contributed by atoms with Crippen LogP contribution in [0.25, 0.3) is 0 Å². The first-order valence-corrected chi connectivity index (χ1v) is 7.49. The van der Waals surface area contributed by atoms with E-state index >= 15 is 0 Å². The molecule has 1 saturated heterocycles. The van der Waals surface area contributed by atoms with E-state index in [-0.39, 0.29) is 13.2 Å². The molecule has 1 rings (SSSR count). The molecule has 0 bridgehead atoms. The van der Waals surface area contributed by atoms with E-state index in [0.717, 1.165) is 0 Å². The Labute approximate surface area is 121 Å². The molecule has 11 heteroatoms. The molecule has 1 fully saturated rings. The number of carbonyl (C=O) groups is 3. The Morgan fingerprint density at radius 1 is 1.00 bits per heavy atom. The fraction of sp³-hybridized carbons (Fsp3) is 0.600. The lowest BCUT2D eigenvalue weighted by molar-refractivity contribution is -0.129. The SMILES string of the molecule is CCOP(=O)(OCC)ON=C1C(=O)N(C)C(=O)N(C)C1=O. The van der Waals surface area contributed by atoms with Gasteiger partial charge in [-0.05, 0) is 13.8 Å². The maximum atomic E-state index is 12.0. The quantitative estimate of drug-likeness (QED) is 0.519. The molecule has 1 aliphatic rings. The van der Waals surface area contributed by atoms with Crippen molar-refractivity contribution in [2.24, 2.45) is 5.16 Å². The van der Waals surface area contributed by atoms with Crippen LogP contribution in [0, 0.1) is 0 Å². The predicted octanol–water partition coefficient (Wildman–Crippen LogP) is 0.591. The monoisotopic (exact) mass is 321 g/mol. The minimum Gasteiger partial charge on any atom is -0.291 e. The van der Waals surface area contributed by atoms with E-state index in [2.05, 4.69) is 9.78 Å². The van der Waals surface area contributed by atoms with Gasteiger partial charge in [0.05, 0.1) is 13.2 Å². The van der Waals surface area contributed by atoms with Crippen molar-refractivity contribution < 1.29 is 32.6 Å². The topological polar surface area (TPSA) is 115 Å². The second-order valence-corrected chi connectivity index (χ2v) is 5.39. The smallest absolute Gasteiger partial charge is 0.291 e. The molecular formula is C10H16N3O7P. The molecule has 21 heavy (non-hydrogen) atoms. The number of hydrogen-bond donors (Lipinski definition) is 0. The van der Waals surface area contributed by atoms with E-state index in [9.17, 15) is 18.9 Å². The second kappa shape index (κ2) is 6.79. The van der Waals surface area contributed by atoms with Gasteiger partial charge >= 0.3 is 13.9 Å². The van der Waals surface area contributed by atoms with E-state index in [1.165, 1.54) is 14.1 Å². The van der Waals surface area contributed by atoms with E-state index in [4.69, 9.17) is 9.05 Å². The van der Waals surface area contributed by atoms with Gasteiger partial charge in [0.15, 0.2) is 0 Å². The van der Waals surface area contributed by atoms with Gasteiger partial charge < -0.3 is 0 Å². The van der Waals surface area contributed by atoms with Gasteiger partial charge in [-0.2, -0.15) is 0 Å². The summed E-state index contributed by atoms with van der Waals surface area (Å²) in [7, 11) is -1.66. The lowest BCUT2D eigenvalue weighted by Gasteiger charge is -2.27. The van der Waals surface area contributed by atoms with Gasteiger partial charge in [-0.1, -0.05) is 5.16 Å². The number of urea groups is 1. The molecular weight excluding hydrogens is 305 g/mol. The van der Waals surface area contributed by atoms with Crippen LogP contribution in [0.4, 0.5) is 4.79 Å². The Morgan fingerprint density at radius 2 is 1.43 bits per heavy atom. The highest BCUT2D eigenvalue weighted by atomic mass is 31.2. The summed E-state index contributed by atoms with van der Waals surface area (Å²) >= 11 is 0. The first-order chi connectivity index (χ1) is 9.77. The number of carbonyl (C=O) groups excluding carboxylic acids is 3. The average Bonchev–Trinajstić information content (AvgIpc) is 2.43. The molecule has 0 radical (unpaired) electrons. The highest BCUT2D eigenvalue weighted by Crippen LogP contribution is 2.49. The summed E-state index contributed by atoms with van der Waals surface area (Å²) in [6, 6.07) is -0.804. The molecule has 0 unspecified atom stereocenters. The van der Waals surface area contributed by atoms with Gasteiger partial charge in [0.2, 0.25) is 5.71 Å². The van der Waals surface area contributed by atoms with Crippen LogP contribution in [-0.4, -0.2) is 60.7 Å². The van der Waals surface area contributed by atoms with Crippen molar-refractivity contribution in [2.75, 3.05) is 27.3 Å². The van der Waals surface area contributed by atoms with Crippen LogP contribution in [0.1, 0.15) is 13.8 Å². The van der Waals surface area contributed by atoms with E-state index < -0.39 is 31.4 Å². The number of rotatable bonds is 6. The standard InChI is InChI=1S/C10H16N3O7P/c1-5-18-21(17,19-6-2)20-11-7-8(14)12(3)10(16)13(4)9(7)15/h5-6H2,1-4H3. The fourth-order valence-corrected chi connectivity index (χ4v) is 2.36. The number of barbiturate groups is 1. The minimum atomic E-state index is -4.01. The molecule has 118 valence electrons. The lowest BCUT2D eigenvalue weighted by Crippen LogP contribution is -2.57. The van der Waals surface area contributed by atoms with Crippen LogP contribution >= 0.6 is 7.82 Å². The van der Waals surface area contributed by atoms with Crippen molar-refractivity contribution in [3.05, 3.63) is 0 Å². The van der Waals surface area contributed by atoms with E-state index in [1.807, 2.05) is 0 Å². The Morgan fingerprint density at radius 3 is 1.81 bits per heavy atom. The molecule has 1 heterocycles. The highest BCUT2D eigenvalue weighted by molar-refractivity contribution is 7.48. The molecule has 0 aromatic carbocycles. The number of imide groups is 2. The number of nitrogens with zero attached hydrogens (tertiary/aromatic N) is 3. The number of amides is 4. The maximum absolute atomic E-state index is 12.0. The third-order valence-corrected chi connectivity index (χ3v) is 3.83. The second-order valence-electron chi connectivity index (χ2n) is 3.82. The van der Waals surface area contributed by atoms with E-state index in [1.54, 1.807) is 13.8 Å². The van der Waals surface area contributed by atoms with Gasteiger partial charge in [0.25, 0.3) is 11.8 Å². The summed E-state index contributed by atoms with van der Waals surface area (Å²) in [6.07, 6.45) is 0. The summed E-state index contributed by atoms with van der Waals surface area (Å²) in [4.78, 5) is 36.5. The van der Waals surface area contributed by atoms with Crippen molar-refractivity contribution in [2.45, 2.75) is 13.8 Å². The van der Waals surface area contributed by atoms with Crippen LogP contribution in [0.2, 0.25) is 0 Å². The average molecular weight is 321 g/mol. The van der Waals surface area contributed by atoms with Gasteiger partial charge in [0.1, 0.15) is 0 Å². The normalized spacial score (nSPS) is 16.6. The minimum absolute atomic E-state index is 0.0162. The van der Waals surface area contributed by atoms with Crippen LogP contribution in [0.3, 0.4) is 0 Å². The predicted molar refractivity (Wildman–Crippen MR) is 70.3 cm³/mol.